The molecule has 3 aromatic rings. The van der Waals surface area contributed by atoms with E-state index >= 15 is 0 Å². The number of hydrogen-bond acceptors (Lipinski definition) is 6. The molecule has 1 saturated heterocycles. The molecular formula is C23H29N4O5P. The summed E-state index contributed by atoms with van der Waals surface area (Å²) in [7, 11) is -3.90. The number of rotatable bonds is 8. The maximum atomic E-state index is 13.0. The molecule has 1 aromatic carbocycles. The number of imidazole rings is 1. The molecule has 1 unspecified atom stereocenters. The van der Waals surface area contributed by atoms with Crippen LogP contribution in [0.1, 0.15) is 24.8 Å². The number of aliphatic carboxylic acids is 1. The molecule has 0 aliphatic carbocycles. The van der Waals surface area contributed by atoms with Gasteiger partial charge in [-0.15, -0.1) is 0 Å². The summed E-state index contributed by atoms with van der Waals surface area (Å²) >= 11 is 0. The van der Waals surface area contributed by atoms with Crippen molar-refractivity contribution in [2.75, 3.05) is 25.8 Å². The van der Waals surface area contributed by atoms with E-state index in [1.165, 1.54) is 0 Å². The Hall–Kier alpha value is -2.71. The summed E-state index contributed by atoms with van der Waals surface area (Å²) in [6.45, 7) is 1.08. The molecule has 0 spiro atoms. The van der Waals surface area contributed by atoms with E-state index in [9.17, 15) is 24.5 Å². The van der Waals surface area contributed by atoms with Gasteiger partial charge in [0.2, 0.25) is 7.37 Å². The minimum absolute atomic E-state index is 0.0197. The standard InChI is InChI=1S/C23H29N4O5P/c24-9-3-2-8-23(22(29)30)16-26(11-12-33(23,31)32)15-17-6-7-18(28)13-19(17)20-14-25-21-5-1-4-10-27(20)21/h1,4-7,10,13-14,28H,2-3,8-9,11-12,15-16,24H2,(H,29,30)(H,31,32)/t23-/m0/s1. The number of aromatic hydroxyl groups is 1. The molecular weight excluding hydrogens is 443 g/mol. The maximum absolute atomic E-state index is 13.0. The molecule has 3 heterocycles. The van der Waals surface area contributed by atoms with Gasteiger partial charge in [0.15, 0.2) is 5.16 Å². The molecule has 0 bridgehead atoms. The number of phenols is 1. The van der Waals surface area contributed by atoms with E-state index in [1.54, 1.807) is 24.4 Å². The number of hydrogen-bond donors (Lipinski definition) is 4. The minimum Gasteiger partial charge on any atom is -0.508 e. The number of carboxylic acids is 1. The van der Waals surface area contributed by atoms with Crippen LogP contribution in [0.4, 0.5) is 0 Å². The van der Waals surface area contributed by atoms with Gasteiger partial charge in [0.1, 0.15) is 11.4 Å². The van der Waals surface area contributed by atoms with Crippen LogP contribution in [0.5, 0.6) is 5.75 Å². The number of carbonyl (C=O) groups is 1. The first-order valence-corrected chi connectivity index (χ1v) is 12.8. The molecule has 9 nitrogen and oxygen atoms in total. The van der Waals surface area contributed by atoms with Gasteiger partial charge in [-0.2, -0.15) is 0 Å². The van der Waals surface area contributed by atoms with Crippen LogP contribution in [-0.4, -0.2) is 66.3 Å². The van der Waals surface area contributed by atoms with Gasteiger partial charge in [-0.25, -0.2) is 4.98 Å². The van der Waals surface area contributed by atoms with Gasteiger partial charge in [-0.1, -0.05) is 18.6 Å². The van der Waals surface area contributed by atoms with Crippen molar-refractivity contribution < 1.29 is 24.5 Å². The first-order chi connectivity index (χ1) is 15.8. The number of unbranched alkanes of at least 4 members (excludes halogenated alkanes) is 1. The van der Waals surface area contributed by atoms with Gasteiger partial charge in [-0.3, -0.25) is 18.7 Å². The van der Waals surface area contributed by atoms with Crippen molar-refractivity contribution in [3.8, 4) is 17.0 Å². The van der Waals surface area contributed by atoms with Gasteiger partial charge in [-0.05, 0) is 49.2 Å². The quantitative estimate of drug-likeness (QED) is 0.290. The van der Waals surface area contributed by atoms with Crippen LogP contribution in [0.3, 0.4) is 0 Å². The number of nitrogens with two attached hydrogens (primary N) is 1. The summed E-state index contributed by atoms with van der Waals surface area (Å²) in [6, 6.07) is 10.7. The molecule has 176 valence electrons. The predicted octanol–water partition coefficient (Wildman–Crippen LogP) is 2.75. The van der Waals surface area contributed by atoms with Crippen LogP contribution < -0.4 is 5.73 Å². The number of aromatic nitrogens is 2. The van der Waals surface area contributed by atoms with Crippen LogP contribution in [0.15, 0.2) is 48.8 Å². The topological polar surface area (TPSA) is 141 Å². The zero-order valence-electron chi connectivity index (χ0n) is 18.3. The van der Waals surface area contributed by atoms with Crippen LogP contribution in [0.2, 0.25) is 0 Å². The van der Waals surface area contributed by atoms with Crippen molar-refractivity contribution in [3.63, 3.8) is 0 Å². The van der Waals surface area contributed by atoms with Crippen molar-refractivity contribution in [1.82, 2.24) is 14.3 Å². The summed E-state index contributed by atoms with van der Waals surface area (Å²) in [5.74, 6) is -1.12. The summed E-state index contributed by atoms with van der Waals surface area (Å²) in [5.41, 5.74) is 8.77. The van der Waals surface area contributed by atoms with Crippen LogP contribution >= 0.6 is 7.37 Å². The summed E-state index contributed by atoms with van der Waals surface area (Å²) in [6.07, 6.45) is 4.74. The summed E-state index contributed by atoms with van der Waals surface area (Å²) in [5, 5.41) is 18.5. The highest BCUT2D eigenvalue weighted by atomic mass is 31.2. The van der Waals surface area contributed by atoms with Crippen molar-refractivity contribution in [3.05, 3.63) is 54.4 Å². The smallest absolute Gasteiger partial charge is 0.320 e. The monoisotopic (exact) mass is 472 g/mol. The van der Waals surface area contributed by atoms with E-state index in [2.05, 4.69) is 4.98 Å². The average Bonchev–Trinajstić information content (AvgIpc) is 3.21. The number of pyridine rings is 1. The fraction of sp³-hybridized carbons (Fsp3) is 0.391. The third-order valence-corrected chi connectivity index (χ3v) is 9.20. The van der Waals surface area contributed by atoms with Crippen molar-refractivity contribution >= 4 is 19.0 Å². The maximum Gasteiger partial charge on any atom is 0.320 e. The van der Waals surface area contributed by atoms with Crippen molar-refractivity contribution in [2.45, 2.75) is 31.0 Å². The van der Waals surface area contributed by atoms with E-state index in [-0.39, 0.29) is 24.9 Å². The Bertz CT molecular complexity index is 1210. The van der Waals surface area contributed by atoms with Gasteiger partial charge < -0.3 is 20.8 Å². The largest absolute Gasteiger partial charge is 0.508 e. The Morgan fingerprint density at radius 3 is 2.82 bits per heavy atom. The Kier molecular flexibility index (Phi) is 6.59. The second-order valence-electron chi connectivity index (χ2n) is 8.63. The zero-order chi connectivity index (χ0) is 23.6. The Balaban J connectivity index is 1.67. The lowest BCUT2D eigenvalue weighted by Crippen LogP contribution is -2.53. The second-order valence-corrected chi connectivity index (χ2v) is 11.3. The van der Waals surface area contributed by atoms with E-state index in [1.807, 2.05) is 33.7 Å². The SMILES string of the molecule is NCCCC[C@@]1(C(=O)O)CN(Cc2ccc(O)cc2-c2cnc3ccccn23)CCP1(=O)O. The third kappa shape index (κ3) is 4.42. The lowest BCUT2D eigenvalue weighted by atomic mass is 9.98. The van der Waals surface area contributed by atoms with E-state index in [4.69, 9.17) is 5.73 Å². The van der Waals surface area contributed by atoms with Crippen molar-refractivity contribution in [2.24, 2.45) is 5.73 Å². The third-order valence-electron chi connectivity index (χ3n) is 6.50. The summed E-state index contributed by atoms with van der Waals surface area (Å²) < 4.78 is 15.0. The summed E-state index contributed by atoms with van der Waals surface area (Å²) in [4.78, 5) is 29.3. The van der Waals surface area contributed by atoms with Gasteiger partial charge in [0.25, 0.3) is 0 Å². The molecule has 2 aromatic heterocycles. The van der Waals surface area contributed by atoms with E-state index in [0.717, 1.165) is 22.5 Å². The first-order valence-electron chi connectivity index (χ1n) is 11.0. The Labute approximate surface area is 191 Å². The Morgan fingerprint density at radius 2 is 2.06 bits per heavy atom. The molecule has 0 saturated carbocycles. The lowest BCUT2D eigenvalue weighted by Gasteiger charge is -2.43. The molecule has 1 fully saturated rings. The van der Waals surface area contributed by atoms with E-state index in [0.29, 0.717) is 32.5 Å². The molecule has 0 radical (unpaired) electrons. The van der Waals surface area contributed by atoms with Crippen LogP contribution in [0, 0.1) is 0 Å². The molecule has 1 aliphatic rings. The first kappa shape index (κ1) is 23.4. The highest BCUT2D eigenvalue weighted by Gasteiger charge is 2.56. The fourth-order valence-corrected chi connectivity index (χ4v) is 6.85. The van der Waals surface area contributed by atoms with Gasteiger partial charge in [0, 0.05) is 37.6 Å². The number of phenolic OH excluding ortho intramolecular Hbond substituents is 1. The van der Waals surface area contributed by atoms with Crippen molar-refractivity contribution in [1.29, 1.82) is 0 Å². The molecule has 10 heteroatoms. The molecule has 33 heavy (non-hydrogen) atoms. The number of fused-ring (bicyclic) bond motifs is 1. The van der Waals surface area contributed by atoms with E-state index < -0.39 is 18.5 Å². The Morgan fingerprint density at radius 1 is 1.24 bits per heavy atom. The zero-order valence-corrected chi connectivity index (χ0v) is 19.2. The minimum atomic E-state index is -3.90. The highest BCUT2D eigenvalue weighted by Crippen LogP contribution is 2.59. The number of nitrogens with zero attached hydrogens (tertiary/aromatic N) is 3. The van der Waals surface area contributed by atoms with Crippen LogP contribution in [-0.2, 0) is 15.9 Å². The normalized spacial score (nSPS) is 23.7. The number of carboxylic acid groups (broad SMARTS) is 1. The van der Waals surface area contributed by atoms with Crippen LogP contribution in [0.25, 0.3) is 16.9 Å². The highest BCUT2D eigenvalue weighted by molar-refractivity contribution is 7.61. The molecule has 2 atom stereocenters. The molecule has 5 N–H and O–H groups in total. The lowest BCUT2D eigenvalue weighted by molar-refractivity contribution is -0.141. The van der Waals surface area contributed by atoms with Gasteiger partial charge >= 0.3 is 5.97 Å². The van der Waals surface area contributed by atoms with Gasteiger partial charge in [0.05, 0.1) is 11.9 Å². The second kappa shape index (κ2) is 9.27. The molecule has 4 rings (SSSR count). The molecule has 0 amide bonds. The predicted molar refractivity (Wildman–Crippen MR) is 126 cm³/mol. The molecule has 1 aliphatic heterocycles. The number of benzene rings is 1. The average molecular weight is 472 g/mol. The fourth-order valence-electron chi connectivity index (χ4n) is 4.64.